The molecule has 0 amide bonds. The van der Waals surface area contributed by atoms with Crippen molar-refractivity contribution in [1.82, 2.24) is 0 Å². The van der Waals surface area contributed by atoms with Crippen molar-refractivity contribution in [2.45, 2.75) is 72.6 Å². The Hall–Kier alpha value is -1.89. The average molecular weight is 428 g/mol. The minimum absolute atomic E-state index is 0.427. The van der Waals surface area contributed by atoms with Crippen molar-refractivity contribution in [2.75, 3.05) is 26.2 Å². The van der Waals surface area contributed by atoms with Crippen LogP contribution >= 0.6 is 0 Å². The van der Waals surface area contributed by atoms with Crippen LogP contribution in [0.15, 0.2) is 12.2 Å². The zero-order chi connectivity index (χ0) is 23.2. The first-order valence-electron chi connectivity index (χ1n) is 11.2. The number of unbranched alkanes of at least 4 members (excludes halogenated alkanes) is 2. The minimum atomic E-state index is -1.09. The van der Waals surface area contributed by atoms with E-state index in [9.17, 15) is 29.7 Å². The van der Waals surface area contributed by atoms with Crippen molar-refractivity contribution >= 4 is 17.9 Å². The summed E-state index contributed by atoms with van der Waals surface area (Å²) in [6, 6.07) is 0. The summed E-state index contributed by atoms with van der Waals surface area (Å²) in [5.74, 6) is -4.38. The molecule has 7 heteroatoms. The van der Waals surface area contributed by atoms with Crippen LogP contribution in [-0.2, 0) is 14.4 Å². The first kappa shape index (κ1) is 28.1. The number of carbonyl (C=O) groups is 3. The second-order valence-electron chi connectivity index (χ2n) is 8.70. The van der Waals surface area contributed by atoms with Crippen LogP contribution in [0.1, 0.15) is 72.6 Å². The van der Waals surface area contributed by atoms with Crippen molar-refractivity contribution in [2.24, 2.45) is 17.8 Å². The van der Waals surface area contributed by atoms with E-state index in [1.165, 1.54) is 0 Å². The van der Waals surface area contributed by atoms with E-state index in [0.717, 1.165) is 32.2 Å². The van der Waals surface area contributed by atoms with Crippen molar-refractivity contribution in [3.05, 3.63) is 12.2 Å². The first-order chi connectivity index (χ1) is 14.0. The molecule has 30 heavy (non-hydrogen) atoms. The lowest BCUT2D eigenvalue weighted by atomic mass is 10.0. The summed E-state index contributed by atoms with van der Waals surface area (Å²) >= 11 is 0. The number of nitrogens with zero attached hydrogens (tertiary/aromatic N) is 1. The number of rotatable bonds is 18. The Morgan fingerprint density at radius 1 is 0.800 bits per heavy atom. The summed E-state index contributed by atoms with van der Waals surface area (Å²) in [4.78, 5) is 33.8. The molecule has 3 unspecified atom stereocenters. The van der Waals surface area contributed by atoms with Gasteiger partial charge >= 0.3 is 11.9 Å². The van der Waals surface area contributed by atoms with Crippen LogP contribution in [-0.4, -0.2) is 58.8 Å². The fraction of sp³-hybridized carbons (Fsp3) is 0.783. The molecule has 0 fully saturated rings. The summed E-state index contributed by atoms with van der Waals surface area (Å²) in [5.41, 5.74) is 0. The molecule has 0 rings (SSSR count). The molecule has 0 saturated heterocycles. The van der Waals surface area contributed by atoms with Gasteiger partial charge in [-0.1, -0.05) is 46.3 Å². The Bertz CT molecular complexity index is 500. The van der Waals surface area contributed by atoms with E-state index in [4.69, 9.17) is 0 Å². The first-order valence-corrected chi connectivity index (χ1v) is 11.2. The van der Waals surface area contributed by atoms with Gasteiger partial charge in [-0.15, -0.1) is 0 Å². The topological polar surface area (TPSA) is 115 Å². The van der Waals surface area contributed by atoms with Crippen LogP contribution in [0, 0.1) is 17.8 Å². The Morgan fingerprint density at radius 3 is 1.63 bits per heavy atom. The third-order valence-electron chi connectivity index (χ3n) is 5.98. The third kappa shape index (κ3) is 12.0. The molecule has 0 heterocycles. The molecule has 0 aliphatic heterocycles. The maximum absolute atomic E-state index is 11.3. The molecule has 174 valence electrons. The molecule has 0 saturated carbocycles. The van der Waals surface area contributed by atoms with Gasteiger partial charge in [-0.2, -0.15) is 0 Å². The highest BCUT2D eigenvalue weighted by Crippen LogP contribution is 2.21. The van der Waals surface area contributed by atoms with Gasteiger partial charge in [-0.25, -0.2) is 0 Å². The molecule has 2 N–H and O–H groups in total. The molecule has 0 radical (unpaired) electrons. The predicted molar refractivity (Wildman–Crippen MR) is 115 cm³/mol. The molecule has 0 aromatic rings. The van der Waals surface area contributed by atoms with E-state index in [2.05, 4.69) is 19.1 Å². The largest absolute Gasteiger partial charge is 0.550 e. The highest BCUT2D eigenvalue weighted by atomic mass is 16.4. The van der Waals surface area contributed by atoms with E-state index in [0.29, 0.717) is 43.4 Å². The molecular weight excluding hydrogens is 386 g/mol. The quantitative estimate of drug-likeness (QED) is 0.197. The van der Waals surface area contributed by atoms with Gasteiger partial charge in [0.25, 0.3) is 0 Å². The lowest BCUT2D eigenvalue weighted by molar-refractivity contribution is -0.929. The molecule has 3 atom stereocenters. The van der Waals surface area contributed by atoms with Gasteiger partial charge in [-0.3, -0.25) is 9.59 Å². The van der Waals surface area contributed by atoms with Crippen LogP contribution < -0.4 is 5.11 Å². The molecule has 7 nitrogen and oxygen atoms in total. The number of carboxylic acids is 3. The Balaban J connectivity index is 5.39. The van der Waals surface area contributed by atoms with Gasteiger partial charge in [0.05, 0.1) is 38.0 Å². The minimum Gasteiger partial charge on any atom is -0.550 e. The maximum atomic E-state index is 11.3. The monoisotopic (exact) mass is 427 g/mol. The molecular formula is C23H41NO6. The summed E-state index contributed by atoms with van der Waals surface area (Å²) in [6.45, 7) is 9.63. The smallest absolute Gasteiger partial charge is 0.306 e. The maximum Gasteiger partial charge on any atom is 0.306 e. The van der Waals surface area contributed by atoms with Gasteiger partial charge in [0, 0.05) is 37.6 Å². The van der Waals surface area contributed by atoms with Crippen LogP contribution in [0.3, 0.4) is 0 Å². The van der Waals surface area contributed by atoms with Crippen LogP contribution in [0.2, 0.25) is 0 Å². The fourth-order valence-corrected chi connectivity index (χ4v) is 3.39. The predicted octanol–water partition coefficient (Wildman–Crippen LogP) is 2.94. The number of allylic oxidation sites excluding steroid dienone is 2. The summed E-state index contributed by atoms with van der Waals surface area (Å²) < 4.78 is 0.550. The number of hydrogen-bond donors (Lipinski definition) is 2. The van der Waals surface area contributed by atoms with E-state index >= 15 is 0 Å². The zero-order valence-electron chi connectivity index (χ0n) is 19.1. The van der Waals surface area contributed by atoms with Crippen LogP contribution in [0.4, 0.5) is 0 Å². The lowest BCUT2D eigenvalue weighted by Gasteiger charge is -2.41. The lowest BCUT2D eigenvalue weighted by Crippen LogP contribution is -2.52. The normalized spacial score (nSPS) is 16.7. The van der Waals surface area contributed by atoms with Gasteiger partial charge in [0.2, 0.25) is 0 Å². The molecule has 0 aliphatic rings. The molecule has 0 spiro atoms. The van der Waals surface area contributed by atoms with Crippen LogP contribution in [0.5, 0.6) is 0 Å². The summed E-state index contributed by atoms with van der Waals surface area (Å²) in [5, 5.41) is 29.8. The number of quaternary nitrogens is 1. The van der Waals surface area contributed by atoms with Crippen molar-refractivity contribution in [1.29, 1.82) is 0 Å². The molecule has 0 aliphatic carbocycles. The summed E-state index contributed by atoms with van der Waals surface area (Å²) in [6.07, 6.45) is 9.61. The van der Waals surface area contributed by atoms with E-state index in [1.807, 2.05) is 0 Å². The highest BCUT2D eigenvalue weighted by molar-refractivity contribution is 5.69. The Kier molecular flexibility index (Phi) is 14.0. The standard InChI is InChI=1S/C23H41NO6/c1-5-6-7-8-9-10-14-24(15-11-18(2)21(25)26,16-12-19(3)22(27)28)17-13-20(4)23(29)30/h7-8,18-20H,5-6,9-17H2,1-4H3,(H2-,25,26,27,28,29,30)/b8-7-. The number of aliphatic carboxylic acids is 3. The SMILES string of the molecule is CCC/C=C\CCC[N+](CCC(C)C(=O)[O-])(CCC(C)C(=O)O)CCC(C)C(=O)O. The molecule has 0 aromatic heterocycles. The van der Waals surface area contributed by atoms with Crippen molar-refractivity contribution in [3.63, 3.8) is 0 Å². The highest BCUT2D eigenvalue weighted by Gasteiger charge is 2.30. The second-order valence-corrected chi connectivity index (χ2v) is 8.70. The number of carbonyl (C=O) groups excluding carboxylic acids is 1. The summed E-state index contributed by atoms with van der Waals surface area (Å²) in [7, 11) is 0. The number of carboxylic acid groups (broad SMARTS) is 3. The number of hydrogen-bond acceptors (Lipinski definition) is 4. The molecule has 0 bridgehead atoms. The van der Waals surface area contributed by atoms with E-state index < -0.39 is 35.7 Å². The Morgan fingerprint density at radius 2 is 1.23 bits per heavy atom. The van der Waals surface area contributed by atoms with Crippen molar-refractivity contribution < 1.29 is 34.2 Å². The van der Waals surface area contributed by atoms with Gasteiger partial charge in [0.15, 0.2) is 0 Å². The second kappa shape index (κ2) is 15.0. The fourth-order valence-electron chi connectivity index (χ4n) is 3.39. The van der Waals surface area contributed by atoms with Gasteiger partial charge < -0.3 is 24.6 Å². The van der Waals surface area contributed by atoms with Gasteiger partial charge in [-0.05, 0) is 12.8 Å². The Labute approximate surface area is 181 Å². The zero-order valence-corrected chi connectivity index (χ0v) is 19.1. The molecule has 0 aromatic carbocycles. The van der Waals surface area contributed by atoms with E-state index in [1.54, 1.807) is 20.8 Å². The van der Waals surface area contributed by atoms with Crippen molar-refractivity contribution in [3.8, 4) is 0 Å². The van der Waals surface area contributed by atoms with Gasteiger partial charge in [0.1, 0.15) is 0 Å². The third-order valence-corrected chi connectivity index (χ3v) is 5.98. The van der Waals surface area contributed by atoms with Crippen LogP contribution in [0.25, 0.3) is 0 Å². The van der Waals surface area contributed by atoms with E-state index in [-0.39, 0.29) is 0 Å². The average Bonchev–Trinajstić information content (AvgIpc) is 2.69.